The first kappa shape index (κ1) is 72.7. The van der Waals surface area contributed by atoms with Gasteiger partial charge in [-0.3, -0.25) is 14.4 Å². The van der Waals surface area contributed by atoms with E-state index in [4.69, 9.17) is 23.7 Å². The summed E-state index contributed by atoms with van der Waals surface area (Å²) in [7, 11) is 0. The van der Waals surface area contributed by atoms with Gasteiger partial charge in [0.15, 0.2) is 24.6 Å². The highest BCUT2D eigenvalue weighted by molar-refractivity contribution is 5.74. The zero-order valence-electron chi connectivity index (χ0n) is 49.6. The molecule has 6 atom stereocenters. The number of hydrogen-bond donors (Lipinski definition) is 3. The van der Waals surface area contributed by atoms with E-state index in [0.29, 0.717) is 25.7 Å². The molecule has 1 saturated heterocycles. The van der Waals surface area contributed by atoms with E-state index >= 15 is 0 Å². The van der Waals surface area contributed by atoms with Gasteiger partial charge in [-0.2, -0.15) is 0 Å². The monoisotopic (exact) mass is 1110 g/mol. The van der Waals surface area contributed by atoms with Crippen molar-refractivity contribution >= 4 is 23.9 Å². The Hall–Kier alpha value is -4.36. The predicted molar refractivity (Wildman–Crippen MR) is 321 cm³/mol. The molecule has 0 saturated carbocycles. The first-order chi connectivity index (χ1) is 38.6. The van der Waals surface area contributed by atoms with Crippen LogP contribution in [-0.4, -0.2) is 89.2 Å². The molecule has 0 spiro atoms. The van der Waals surface area contributed by atoms with Gasteiger partial charge in [0.2, 0.25) is 0 Å². The number of carbonyl (C=O) groups is 4. The molecule has 79 heavy (non-hydrogen) atoms. The number of carboxylic acid groups (broad SMARTS) is 1. The van der Waals surface area contributed by atoms with E-state index in [-0.39, 0.29) is 25.9 Å². The number of ether oxygens (including phenoxy) is 5. The molecule has 1 heterocycles. The summed E-state index contributed by atoms with van der Waals surface area (Å²) < 4.78 is 28.4. The number of aliphatic hydroxyl groups is 2. The SMILES string of the molecule is CC/C=C\C/C=C\C/C=C\C/C=C\C/C=C\CCCC(=O)OCC(COC1OC(C(=O)O)C(O)C(O)C1OC(=O)CCCCCCC/C=C\CCCCCCCC)OC(=O)CCCCCCCCC/C=C\C/C=C\CCCCC. The highest BCUT2D eigenvalue weighted by Gasteiger charge is 2.50. The molecule has 450 valence electrons. The van der Waals surface area contributed by atoms with E-state index in [9.17, 15) is 34.5 Å². The van der Waals surface area contributed by atoms with Crippen molar-refractivity contribution in [2.75, 3.05) is 13.2 Å². The Labute approximate surface area is 479 Å². The van der Waals surface area contributed by atoms with Gasteiger partial charge in [0.25, 0.3) is 0 Å². The Balaban J connectivity index is 2.73. The van der Waals surface area contributed by atoms with E-state index in [1.54, 1.807) is 0 Å². The van der Waals surface area contributed by atoms with Crippen LogP contribution in [0.15, 0.2) is 97.2 Å². The number of esters is 3. The largest absolute Gasteiger partial charge is 0.479 e. The van der Waals surface area contributed by atoms with Crippen LogP contribution in [0.4, 0.5) is 0 Å². The van der Waals surface area contributed by atoms with Crippen molar-refractivity contribution in [1.29, 1.82) is 0 Å². The third kappa shape index (κ3) is 44.0. The van der Waals surface area contributed by atoms with Gasteiger partial charge in [-0.1, -0.05) is 214 Å². The second kappa shape index (κ2) is 54.2. The van der Waals surface area contributed by atoms with E-state index in [0.717, 1.165) is 128 Å². The summed E-state index contributed by atoms with van der Waals surface area (Å²) in [6, 6.07) is 0. The van der Waals surface area contributed by atoms with E-state index in [1.165, 1.54) is 57.8 Å². The van der Waals surface area contributed by atoms with Crippen LogP contribution in [-0.2, 0) is 42.9 Å². The lowest BCUT2D eigenvalue weighted by Gasteiger charge is -2.40. The average molecular weight is 1110 g/mol. The number of unbranched alkanes of at least 4 members (excludes halogenated alkanes) is 22. The first-order valence-corrected chi connectivity index (χ1v) is 31.2. The molecule has 0 aliphatic carbocycles. The molecule has 0 amide bonds. The normalized spacial score (nSPS) is 18.5. The maximum atomic E-state index is 13.2. The van der Waals surface area contributed by atoms with Gasteiger partial charge in [0, 0.05) is 19.3 Å². The summed E-state index contributed by atoms with van der Waals surface area (Å²) in [6.45, 7) is 5.80. The summed E-state index contributed by atoms with van der Waals surface area (Å²) in [6.07, 6.45) is 59.4. The van der Waals surface area contributed by atoms with Crippen molar-refractivity contribution in [3.8, 4) is 0 Å². The summed E-state index contributed by atoms with van der Waals surface area (Å²) in [5.74, 6) is -3.22. The van der Waals surface area contributed by atoms with Gasteiger partial charge in [0.1, 0.15) is 18.8 Å². The highest BCUT2D eigenvalue weighted by atomic mass is 16.7. The molecule has 0 aromatic heterocycles. The van der Waals surface area contributed by atoms with Crippen LogP contribution in [0.25, 0.3) is 0 Å². The standard InChI is InChI=1S/C67H110O12/c1-4-7-10-13-16-19-22-25-28-30-33-35-38-41-44-47-50-53-59(68)75-56-58(77-60(69)54-51-48-45-42-39-37-34-31-29-26-23-20-17-14-11-8-5-2)57-76-67-65(63(72)62(71)64(79-67)66(73)74)78-61(70)55-52-49-46-43-40-36-32-27-24-21-18-15-12-9-6-3/h7,10,16-17,19-20,25-29,32-33,35,41,44,58,62-65,67,71-72H,4-6,8-9,11-15,18,21-24,30-31,34,36-40,42-43,45-57H2,1-3H3,(H,73,74)/b10-7-,19-16-,20-17-,28-25-,29-26-,32-27-,35-33-,44-41-. The van der Waals surface area contributed by atoms with Gasteiger partial charge >= 0.3 is 23.9 Å². The fraction of sp³-hybridized carbons (Fsp3) is 0.701. The van der Waals surface area contributed by atoms with Crippen LogP contribution in [0.5, 0.6) is 0 Å². The molecule has 0 aromatic rings. The molecule has 12 nitrogen and oxygen atoms in total. The van der Waals surface area contributed by atoms with E-state index in [2.05, 4.69) is 112 Å². The topological polar surface area (TPSA) is 175 Å². The van der Waals surface area contributed by atoms with Crippen LogP contribution < -0.4 is 0 Å². The Kier molecular flexibility index (Phi) is 49.9. The minimum Gasteiger partial charge on any atom is -0.479 e. The molecule has 1 fully saturated rings. The minimum absolute atomic E-state index is 0.0407. The van der Waals surface area contributed by atoms with Gasteiger partial charge in [-0.05, 0) is 116 Å². The number of allylic oxidation sites excluding steroid dienone is 16. The molecule has 0 bridgehead atoms. The number of aliphatic carboxylic acids is 1. The van der Waals surface area contributed by atoms with E-state index < -0.39 is 67.3 Å². The third-order valence-corrected chi connectivity index (χ3v) is 13.6. The second-order valence-corrected chi connectivity index (χ2v) is 20.9. The van der Waals surface area contributed by atoms with Crippen molar-refractivity contribution in [3.63, 3.8) is 0 Å². The summed E-state index contributed by atoms with van der Waals surface area (Å²) in [5, 5.41) is 31.5. The Bertz CT molecular complexity index is 1740. The molecular formula is C67H110O12. The molecule has 0 aromatic carbocycles. The number of hydrogen-bond acceptors (Lipinski definition) is 11. The third-order valence-electron chi connectivity index (χ3n) is 13.6. The fourth-order valence-electron chi connectivity index (χ4n) is 8.84. The van der Waals surface area contributed by atoms with Crippen molar-refractivity contribution < 1.29 is 58.2 Å². The van der Waals surface area contributed by atoms with Crippen LogP contribution >= 0.6 is 0 Å². The molecule has 1 aliphatic heterocycles. The summed E-state index contributed by atoms with van der Waals surface area (Å²) in [4.78, 5) is 51.2. The zero-order valence-corrected chi connectivity index (χ0v) is 49.6. The zero-order chi connectivity index (χ0) is 57.5. The molecule has 6 unspecified atom stereocenters. The van der Waals surface area contributed by atoms with Crippen molar-refractivity contribution in [3.05, 3.63) is 97.2 Å². The lowest BCUT2D eigenvalue weighted by molar-refractivity contribution is -0.301. The van der Waals surface area contributed by atoms with Crippen LogP contribution in [0.3, 0.4) is 0 Å². The van der Waals surface area contributed by atoms with Crippen molar-refractivity contribution in [1.82, 2.24) is 0 Å². The van der Waals surface area contributed by atoms with Gasteiger partial charge in [-0.25, -0.2) is 4.79 Å². The predicted octanol–water partition coefficient (Wildman–Crippen LogP) is 16.5. The number of carboxylic acids is 1. The van der Waals surface area contributed by atoms with Crippen molar-refractivity contribution in [2.45, 2.75) is 289 Å². The lowest BCUT2D eigenvalue weighted by atomic mass is 9.98. The molecule has 0 radical (unpaired) electrons. The fourth-order valence-corrected chi connectivity index (χ4v) is 8.84. The number of rotatable bonds is 52. The summed E-state index contributed by atoms with van der Waals surface area (Å²) in [5.41, 5.74) is 0. The van der Waals surface area contributed by atoms with Gasteiger partial charge in [0.05, 0.1) is 6.61 Å². The highest BCUT2D eigenvalue weighted by Crippen LogP contribution is 2.26. The average Bonchev–Trinajstić information content (AvgIpc) is 3.46. The second-order valence-electron chi connectivity index (χ2n) is 20.9. The first-order valence-electron chi connectivity index (χ1n) is 31.2. The Morgan fingerprint density at radius 2 is 0.810 bits per heavy atom. The minimum atomic E-state index is -1.92. The number of aliphatic hydroxyl groups excluding tert-OH is 2. The van der Waals surface area contributed by atoms with Crippen LogP contribution in [0.2, 0.25) is 0 Å². The Morgan fingerprint density at radius 1 is 0.430 bits per heavy atom. The van der Waals surface area contributed by atoms with E-state index in [1.807, 2.05) is 6.08 Å². The quantitative estimate of drug-likeness (QED) is 0.0228. The molecular weight excluding hydrogens is 997 g/mol. The summed E-state index contributed by atoms with van der Waals surface area (Å²) >= 11 is 0. The number of carbonyl (C=O) groups excluding carboxylic acids is 3. The maximum absolute atomic E-state index is 13.2. The van der Waals surface area contributed by atoms with Gasteiger partial charge < -0.3 is 39.0 Å². The maximum Gasteiger partial charge on any atom is 0.335 e. The van der Waals surface area contributed by atoms with Crippen LogP contribution in [0.1, 0.15) is 252 Å². The molecule has 1 aliphatic rings. The molecule has 12 heteroatoms. The smallest absolute Gasteiger partial charge is 0.335 e. The van der Waals surface area contributed by atoms with Crippen LogP contribution in [0, 0.1) is 0 Å². The van der Waals surface area contributed by atoms with Crippen molar-refractivity contribution in [2.24, 2.45) is 0 Å². The lowest BCUT2D eigenvalue weighted by Crippen LogP contribution is -2.61. The molecule has 3 N–H and O–H groups in total. The Morgan fingerprint density at radius 3 is 1.29 bits per heavy atom. The van der Waals surface area contributed by atoms with Gasteiger partial charge in [-0.15, -0.1) is 0 Å². The molecule has 1 rings (SSSR count).